The van der Waals surface area contributed by atoms with E-state index in [0.29, 0.717) is 5.82 Å². The lowest BCUT2D eigenvalue weighted by Gasteiger charge is -2.24. The molecular weight excluding hydrogens is 366 g/mol. The number of hydrogen-bond donors (Lipinski definition) is 0. The Bertz CT molecular complexity index is 1090. The van der Waals surface area contributed by atoms with Gasteiger partial charge in [-0.25, -0.2) is 4.98 Å². The van der Waals surface area contributed by atoms with Crippen molar-refractivity contribution in [2.24, 2.45) is 0 Å². The first-order valence-corrected chi connectivity index (χ1v) is 9.54. The molecule has 29 heavy (non-hydrogen) atoms. The molecule has 2 heterocycles. The van der Waals surface area contributed by atoms with Crippen LogP contribution in [0.25, 0.3) is 11.0 Å². The summed E-state index contributed by atoms with van der Waals surface area (Å²) < 4.78 is 13.3. The molecule has 2 aromatic carbocycles. The lowest BCUT2D eigenvalue weighted by molar-refractivity contribution is -0.132. The lowest BCUT2D eigenvalue weighted by Crippen LogP contribution is -2.33. The molecule has 6 nitrogen and oxygen atoms in total. The summed E-state index contributed by atoms with van der Waals surface area (Å²) in [4.78, 5) is 19.4. The first-order chi connectivity index (χ1) is 14.1. The monoisotopic (exact) mass is 389 g/mol. The third-order valence-corrected chi connectivity index (χ3v) is 5.07. The highest BCUT2D eigenvalue weighted by Crippen LogP contribution is 2.22. The number of likely N-dealkylation sites (N-methyl/N-ethyl adjacent to an activating group) is 1. The van der Waals surface area contributed by atoms with Crippen LogP contribution in [-0.2, 0) is 17.9 Å². The predicted molar refractivity (Wildman–Crippen MR) is 110 cm³/mol. The number of rotatable bonds is 7. The van der Waals surface area contributed by atoms with Crippen molar-refractivity contribution in [3.63, 3.8) is 0 Å². The molecule has 0 saturated heterocycles. The smallest absolute Gasteiger partial charge is 0.242 e. The number of aromatic nitrogens is 2. The number of para-hydroxylation sites is 3. The fourth-order valence-corrected chi connectivity index (χ4v) is 3.26. The van der Waals surface area contributed by atoms with E-state index in [0.717, 1.165) is 22.5 Å². The van der Waals surface area contributed by atoms with Crippen molar-refractivity contribution in [1.82, 2.24) is 14.5 Å². The van der Waals surface area contributed by atoms with Gasteiger partial charge in [-0.15, -0.1) is 0 Å². The van der Waals surface area contributed by atoms with Crippen molar-refractivity contribution in [3.8, 4) is 5.75 Å². The van der Waals surface area contributed by atoms with E-state index < -0.39 is 0 Å². The highest BCUT2D eigenvalue weighted by molar-refractivity contribution is 5.81. The van der Waals surface area contributed by atoms with Gasteiger partial charge in [-0.2, -0.15) is 0 Å². The molecule has 0 bridgehead atoms. The third-order valence-electron chi connectivity index (χ3n) is 5.07. The van der Waals surface area contributed by atoms with Crippen LogP contribution in [0, 0.1) is 0 Å². The zero-order valence-electron chi connectivity index (χ0n) is 16.5. The summed E-state index contributed by atoms with van der Waals surface area (Å²) in [5.74, 6) is 2.20. The molecule has 0 radical (unpaired) electrons. The number of ether oxygens (including phenoxy) is 1. The summed E-state index contributed by atoms with van der Waals surface area (Å²) in [5, 5.41) is 0. The lowest BCUT2D eigenvalue weighted by atomic mass is 10.2. The molecule has 148 valence electrons. The number of imidazole rings is 1. The first kappa shape index (κ1) is 18.8. The van der Waals surface area contributed by atoms with Crippen molar-refractivity contribution in [3.05, 3.63) is 84.6 Å². The maximum atomic E-state index is 13.0. The Morgan fingerprint density at radius 3 is 2.62 bits per heavy atom. The molecule has 1 unspecified atom stereocenters. The van der Waals surface area contributed by atoms with Crippen LogP contribution >= 0.6 is 0 Å². The third kappa shape index (κ3) is 4.01. The molecule has 0 saturated carbocycles. The summed E-state index contributed by atoms with van der Waals surface area (Å²) in [5.41, 5.74) is 1.75. The minimum Gasteiger partial charge on any atom is -0.486 e. The molecule has 6 heteroatoms. The van der Waals surface area contributed by atoms with Gasteiger partial charge in [0.1, 0.15) is 30.5 Å². The number of nitrogens with zero attached hydrogens (tertiary/aromatic N) is 3. The van der Waals surface area contributed by atoms with E-state index in [1.54, 1.807) is 18.2 Å². The summed E-state index contributed by atoms with van der Waals surface area (Å²) in [6.07, 6.45) is 1.62. The van der Waals surface area contributed by atoms with Crippen molar-refractivity contribution in [2.45, 2.75) is 26.1 Å². The number of carbonyl (C=O) groups is 1. The van der Waals surface area contributed by atoms with Crippen molar-refractivity contribution >= 4 is 16.9 Å². The Labute approximate surface area is 169 Å². The van der Waals surface area contributed by atoms with Crippen LogP contribution < -0.4 is 4.74 Å². The zero-order chi connectivity index (χ0) is 20.2. The van der Waals surface area contributed by atoms with Crippen molar-refractivity contribution in [1.29, 1.82) is 0 Å². The van der Waals surface area contributed by atoms with Gasteiger partial charge in [0.05, 0.1) is 23.3 Å². The Morgan fingerprint density at radius 1 is 1.10 bits per heavy atom. The molecule has 1 amide bonds. The van der Waals surface area contributed by atoms with Gasteiger partial charge in [-0.05, 0) is 43.3 Å². The van der Waals surface area contributed by atoms with E-state index in [-0.39, 0.29) is 25.1 Å². The molecule has 2 aromatic heterocycles. The van der Waals surface area contributed by atoms with E-state index >= 15 is 0 Å². The van der Waals surface area contributed by atoms with Gasteiger partial charge in [0.15, 0.2) is 0 Å². The number of hydrogen-bond acceptors (Lipinski definition) is 4. The van der Waals surface area contributed by atoms with Gasteiger partial charge >= 0.3 is 0 Å². The van der Waals surface area contributed by atoms with Crippen LogP contribution in [0.3, 0.4) is 0 Å². The molecule has 0 fully saturated rings. The molecule has 0 N–H and O–H groups in total. The van der Waals surface area contributed by atoms with Crippen LogP contribution in [0.2, 0.25) is 0 Å². The highest BCUT2D eigenvalue weighted by atomic mass is 16.5. The van der Waals surface area contributed by atoms with Crippen LogP contribution in [0.15, 0.2) is 77.4 Å². The topological polar surface area (TPSA) is 60.5 Å². The fraction of sp³-hybridized carbons (Fsp3) is 0.217. The molecule has 0 aliphatic heterocycles. The average Bonchev–Trinajstić information content (AvgIpc) is 3.41. The molecule has 1 atom stereocenters. The van der Waals surface area contributed by atoms with E-state index in [4.69, 9.17) is 9.15 Å². The van der Waals surface area contributed by atoms with Crippen LogP contribution in [-0.4, -0.2) is 27.4 Å². The number of fused-ring (bicyclic) bond motifs is 1. The van der Waals surface area contributed by atoms with Gasteiger partial charge < -0.3 is 18.6 Å². The SMILES string of the molecule is CC(c1ccco1)N(C)C(=O)Cn1c(COc2ccccc2)nc2ccccc21. The number of amides is 1. The molecule has 0 spiro atoms. The van der Waals surface area contributed by atoms with E-state index in [1.807, 2.05) is 78.2 Å². The van der Waals surface area contributed by atoms with Gasteiger partial charge in [0.2, 0.25) is 5.91 Å². The van der Waals surface area contributed by atoms with Gasteiger partial charge in [-0.1, -0.05) is 30.3 Å². The zero-order valence-corrected chi connectivity index (χ0v) is 16.5. The maximum Gasteiger partial charge on any atom is 0.242 e. The second kappa shape index (κ2) is 8.22. The molecule has 4 aromatic rings. The number of benzene rings is 2. The van der Waals surface area contributed by atoms with Crippen LogP contribution in [0.1, 0.15) is 24.6 Å². The Kier molecular flexibility index (Phi) is 5.33. The highest BCUT2D eigenvalue weighted by Gasteiger charge is 2.22. The molecule has 4 rings (SSSR count). The van der Waals surface area contributed by atoms with Gasteiger partial charge in [0.25, 0.3) is 0 Å². The quantitative estimate of drug-likeness (QED) is 0.469. The minimum absolute atomic E-state index is 0.0296. The normalized spacial score (nSPS) is 12.1. The summed E-state index contributed by atoms with van der Waals surface area (Å²) in [7, 11) is 1.79. The maximum absolute atomic E-state index is 13.0. The molecule has 0 aliphatic carbocycles. The molecule has 0 aliphatic rings. The predicted octanol–water partition coefficient (Wildman–Crippen LogP) is 4.43. The van der Waals surface area contributed by atoms with Crippen molar-refractivity contribution < 1.29 is 13.9 Å². The Hall–Kier alpha value is -3.54. The fourth-order valence-electron chi connectivity index (χ4n) is 3.26. The summed E-state index contributed by atoms with van der Waals surface area (Å²) in [6.45, 7) is 2.40. The van der Waals surface area contributed by atoms with Gasteiger partial charge in [-0.3, -0.25) is 4.79 Å². The minimum atomic E-state index is -0.156. The molecular formula is C23H23N3O3. The largest absolute Gasteiger partial charge is 0.486 e. The Morgan fingerprint density at radius 2 is 1.86 bits per heavy atom. The van der Waals surface area contributed by atoms with Crippen molar-refractivity contribution in [2.75, 3.05) is 7.05 Å². The summed E-state index contributed by atoms with van der Waals surface area (Å²) >= 11 is 0. The number of furan rings is 1. The second-order valence-corrected chi connectivity index (χ2v) is 6.90. The van der Waals surface area contributed by atoms with E-state index in [2.05, 4.69) is 4.98 Å². The number of carbonyl (C=O) groups excluding carboxylic acids is 1. The first-order valence-electron chi connectivity index (χ1n) is 9.54. The van der Waals surface area contributed by atoms with E-state index in [1.165, 1.54) is 0 Å². The second-order valence-electron chi connectivity index (χ2n) is 6.90. The standard InChI is InChI=1S/C23H23N3O3/c1-17(21-13-8-14-28-21)25(2)23(27)15-26-20-12-7-6-11-19(20)24-22(26)16-29-18-9-4-3-5-10-18/h3-14,17H,15-16H2,1-2H3. The Balaban J connectivity index is 1.57. The summed E-state index contributed by atoms with van der Waals surface area (Å²) in [6, 6.07) is 20.9. The average molecular weight is 389 g/mol. The van der Waals surface area contributed by atoms with E-state index in [9.17, 15) is 4.79 Å². The van der Waals surface area contributed by atoms with Crippen LogP contribution in [0.4, 0.5) is 0 Å². The van der Waals surface area contributed by atoms with Gasteiger partial charge in [0, 0.05) is 7.05 Å². The van der Waals surface area contributed by atoms with Crippen LogP contribution in [0.5, 0.6) is 5.75 Å².